The number of hydrogen-bond donors (Lipinski definition) is 1. The molecule has 0 unspecified atom stereocenters. The molecule has 2 aromatic heterocycles. The predicted molar refractivity (Wildman–Crippen MR) is 83.4 cm³/mol. The van der Waals surface area contributed by atoms with Crippen molar-refractivity contribution < 1.29 is 4.79 Å². The Labute approximate surface area is 129 Å². The Hall–Kier alpha value is -2.70. The van der Waals surface area contributed by atoms with Crippen LogP contribution in [0, 0.1) is 0 Å². The lowest BCUT2D eigenvalue weighted by molar-refractivity contribution is -0.118. The number of amides is 1. The topological polar surface area (TPSA) is 74.2 Å². The Morgan fingerprint density at radius 1 is 1.09 bits per heavy atom. The highest BCUT2D eigenvalue weighted by Gasteiger charge is 2.17. The summed E-state index contributed by atoms with van der Waals surface area (Å²) in [6.07, 6.45) is 4.41. The number of pyridine rings is 1. The zero-order valence-electron chi connectivity index (χ0n) is 12.2. The van der Waals surface area contributed by atoms with Gasteiger partial charge in [0.25, 0.3) is 0 Å². The first-order chi connectivity index (χ1) is 10.8. The molecule has 114 valence electrons. The Morgan fingerprint density at radius 3 is 2.68 bits per heavy atom. The summed E-state index contributed by atoms with van der Waals surface area (Å²) in [4.78, 5) is 27.7. The maximum Gasteiger partial charge on any atom is 0.227 e. The molecule has 7 nitrogen and oxygen atoms in total. The number of carbonyl (C=O) groups is 1. The average molecular weight is 298 g/mol. The van der Waals surface area contributed by atoms with Crippen LogP contribution in [-0.2, 0) is 11.3 Å². The zero-order chi connectivity index (χ0) is 15.2. The van der Waals surface area contributed by atoms with Crippen LogP contribution >= 0.6 is 0 Å². The molecule has 3 heterocycles. The number of nitrogens with one attached hydrogen (secondary N) is 1. The number of piperazine rings is 1. The van der Waals surface area contributed by atoms with Crippen molar-refractivity contribution in [3.8, 4) is 0 Å². The van der Waals surface area contributed by atoms with Crippen LogP contribution in [-0.4, -0.2) is 52.4 Å². The van der Waals surface area contributed by atoms with Crippen molar-refractivity contribution in [1.82, 2.24) is 19.9 Å². The Morgan fingerprint density at radius 2 is 1.95 bits per heavy atom. The molecule has 0 aromatic carbocycles. The van der Waals surface area contributed by atoms with Gasteiger partial charge in [0.15, 0.2) is 0 Å². The number of carbonyl (C=O) groups excluding carboxylic acids is 1. The largest absolute Gasteiger partial charge is 0.364 e. The summed E-state index contributed by atoms with van der Waals surface area (Å²) >= 11 is 0. The first kappa shape index (κ1) is 14.2. The van der Waals surface area contributed by atoms with Gasteiger partial charge in [-0.3, -0.25) is 9.78 Å². The van der Waals surface area contributed by atoms with Crippen molar-refractivity contribution in [2.45, 2.75) is 6.54 Å². The summed E-state index contributed by atoms with van der Waals surface area (Å²) in [6.45, 7) is 3.54. The summed E-state index contributed by atoms with van der Waals surface area (Å²) in [7, 11) is 0. The van der Waals surface area contributed by atoms with Gasteiger partial charge in [0.05, 0.1) is 12.2 Å². The summed E-state index contributed by atoms with van der Waals surface area (Å²) in [6, 6.07) is 7.66. The Balaban J connectivity index is 1.61. The molecule has 22 heavy (non-hydrogen) atoms. The molecule has 1 fully saturated rings. The van der Waals surface area contributed by atoms with Crippen molar-refractivity contribution in [3.63, 3.8) is 0 Å². The number of rotatable bonds is 5. The van der Waals surface area contributed by atoms with Gasteiger partial charge >= 0.3 is 0 Å². The van der Waals surface area contributed by atoms with Crippen LogP contribution in [0.2, 0.25) is 0 Å². The van der Waals surface area contributed by atoms with E-state index in [1.807, 2.05) is 24.3 Å². The summed E-state index contributed by atoms with van der Waals surface area (Å²) < 4.78 is 0. The van der Waals surface area contributed by atoms with Gasteiger partial charge in [0.1, 0.15) is 5.82 Å². The van der Waals surface area contributed by atoms with Crippen molar-refractivity contribution >= 4 is 18.2 Å². The van der Waals surface area contributed by atoms with Gasteiger partial charge < -0.3 is 15.1 Å². The standard InChI is InChI=1S/C15H18N6O/c22-12-20-7-9-21(10-8-20)15-17-6-4-14(19-15)18-11-13-3-1-2-5-16-13/h1-6,12H,7-11H2,(H,17,18,19). The molecule has 7 heteroatoms. The van der Waals surface area contributed by atoms with Crippen LogP contribution in [0.4, 0.5) is 11.8 Å². The lowest BCUT2D eigenvalue weighted by atomic mass is 10.3. The van der Waals surface area contributed by atoms with Crippen LogP contribution in [0.1, 0.15) is 5.69 Å². The van der Waals surface area contributed by atoms with E-state index in [9.17, 15) is 4.79 Å². The molecule has 1 N–H and O–H groups in total. The summed E-state index contributed by atoms with van der Waals surface area (Å²) in [5.74, 6) is 1.46. The molecule has 0 bridgehead atoms. The van der Waals surface area contributed by atoms with Crippen LogP contribution in [0.3, 0.4) is 0 Å². The Bertz CT molecular complexity index is 612. The third kappa shape index (κ3) is 3.49. The second kappa shape index (κ2) is 6.84. The molecule has 0 radical (unpaired) electrons. The van der Waals surface area contributed by atoms with E-state index in [-0.39, 0.29) is 0 Å². The van der Waals surface area contributed by atoms with E-state index in [0.717, 1.165) is 31.0 Å². The first-order valence-corrected chi connectivity index (χ1v) is 7.26. The molecule has 1 aliphatic rings. The van der Waals surface area contributed by atoms with E-state index >= 15 is 0 Å². The lowest BCUT2D eigenvalue weighted by Gasteiger charge is -2.32. The van der Waals surface area contributed by atoms with Gasteiger partial charge in [-0.15, -0.1) is 0 Å². The molecular weight excluding hydrogens is 280 g/mol. The van der Waals surface area contributed by atoms with Crippen molar-refractivity contribution in [2.24, 2.45) is 0 Å². The van der Waals surface area contributed by atoms with Gasteiger partial charge in [0, 0.05) is 38.6 Å². The van der Waals surface area contributed by atoms with Crippen molar-refractivity contribution in [2.75, 3.05) is 36.4 Å². The Kier molecular flexibility index (Phi) is 4.43. The van der Waals surface area contributed by atoms with Crippen LogP contribution in [0.25, 0.3) is 0 Å². The van der Waals surface area contributed by atoms with Gasteiger partial charge in [-0.1, -0.05) is 6.07 Å². The van der Waals surface area contributed by atoms with E-state index in [2.05, 4.69) is 25.2 Å². The summed E-state index contributed by atoms with van der Waals surface area (Å²) in [5.41, 5.74) is 0.960. The fourth-order valence-corrected chi connectivity index (χ4v) is 2.31. The average Bonchev–Trinajstić information content (AvgIpc) is 2.61. The molecule has 1 aliphatic heterocycles. The van der Waals surface area contributed by atoms with Gasteiger partial charge in [-0.05, 0) is 18.2 Å². The van der Waals surface area contributed by atoms with E-state index in [1.165, 1.54) is 0 Å². The number of anilines is 2. The lowest BCUT2D eigenvalue weighted by Crippen LogP contribution is -2.46. The maximum atomic E-state index is 10.7. The highest BCUT2D eigenvalue weighted by atomic mass is 16.1. The van der Waals surface area contributed by atoms with Gasteiger partial charge in [-0.2, -0.15) is 4.98 Å². The monoisotopic (exact) mass is 298 g/mol. The van der Waals surface area contributed by atoms with Crippen molar-refractivity contribution in [1.29, 1.82) is 0 Å². The van der Waals surface area contributed by atoms with Gasteiger partial charge in [0.2, 0.25) is 12.4 Å². The van der Waals surface area contributed by atoms with Crippen LogP contribution in [0.15, 0.2) is 36.7 Å². The van der Waals surface area contributed by atoms with E-state index < -0.39 is 0 Å². The smallest absolute Gasteiger partial charge is 0.227 e. The fourth-order valence-electron chi connectivity index (χ4n) is 2.31. The molecule has 0 aliphatic carbocycles. The molecule has 0 atom stereocenters. The van der Waals surface area contributed by atoms with E-state index in [1.54, 1.807) is 17.3 Å². The molecule has 0 saturated carbocycles. The molecular formula is C15H18N6O. The minimum absolute atomic E-state index is 0.621. The SMILES string of the molecule is O=CN1CCN(c2nccc(NCc3ccccn3)n2)CC1. The summed E-state index contributed by atoms with van der Waals surface area (Å²) in [5, 5.41) is 3.25. The molecule has 2 aromatic rings. The quantitative estimate of drug-likeness (QED) is 0.822. The second-order valence-electron chi connectivity index (χ2n) is 5.04. The third-order valence-electron chi connectivity index (χ3n) is 3.57. The van der Waals surface area contributed by atoms with Gasteiger partial charge in [-0.25, -0.2) is 4.98 Å². The van der Waals surface area contributed by atoms with Crippen LogP contribution in [0.5, 0.6) is 0 Å². The number of nitrogens with zero attached hydrogens (tertiary/aromatic N) is 5. The molecule has 3 rings (SSSR count). The minimum Gasteiger partial charge on any atom is -0.364 e. The minimum atomic E-state index is 0.621. The van der Waals surface area contributed by atoms with Crippen LogP contribution < -0.4 is 10.2 Å². The molecule has 0 spiro atoms. The highest BCUT2D eigenvalue weighted by Crippen LogP contribution is 2.13. The molecule has 1 amide bonds. The highest BCUT2D eigenvalue weighted by molar-refractivity contribution is 5.49. The second-order valence-corrected chi connectivity index (χ2v) is 5.04. The third-order valence-corrected chi connectivity index (χ3v) is 3.57. The zero-order valence-corrected chi connectivity index (χ0v) is 12.2. The number of hydrogen-bond acceptors (Lipinski definition) is 6. The number of aromatic nitrogens is 3. The van der Waals surface area contributed by atoms with Crippen molar-refractivity contribution in [3.05, 3.63) is 42.4 Å². The molecule has 1 saturated heterocycles. The maximum absolute atomic E-state index is 10.7. The predicted octanol–water partition coefficient (Wildman–Crippen LogP) is 0.762. The normalized spacial score (nSPS) is 14.7. The fraction of sp³-hybridized carbons (Fsp3) is 0.333. The van der Waals surface area contributed by atoms with E-state index in [4.69, 9.17) is 0 Å². The van der Waals surface area contributed by atoms with E-state index in [0.29, 0.717) is 25.6 Å². The first-order valence-electron chi connectivity index (χ1n) is 7.26.